The second kappa shape index (κ2) is 3.80. The molecule has 0 atom stereocenters. The monoisotopic (exact) mass is 243 g/mol. The minimum Gasteiger partial charge on any atom is -0.507 e. The molecule has 0 aliphatic heterocycles. The third-order valence-electron chi connectivity index (χ3n) is 2.88. The maximum absolute atomic E-state index is 13.3. The summed E-state index contributed by atoms with van der Waals surface area (Å²) < 4.78 is 15.0. The Bertz CT molecular complexity index is 736. The SMILES string of the molecule is Cn1c(-c2cc(F)ccc2O)nc2ccncc21. The zero-order valence-corrected chi connectivity index (χ0v) is 9.63. The molecule has 0 spiro atoms. The summed E-state index contributed by atoms with van der Waals surface area (Å²) in [5.41, 5.74) is 1.95. The van der Waals surface area contributed by atoms with Gasteiger partial charge in [-0.05, 0) is 24.3 Å². The summed E-state index contributed by atoms with van der Waals surface area (Å²) in [6.45, 7) is 0. The first-order valence-electron chi connectivity index (χ1n) is 5.42. The molecule has 18 heavy (non-hydrogen) atoms. The molecule has 1 N–H and O–H groups in total. The Kier molecular flexibility index (Phi) is 2.26. The van der Waals surface area contributed by atoms with Crippen molar-refractivity contribution in [2.75, 3.05) is 0 Å². The van der Waals surface area contributed by atoms with Crippen LogP contribution in [0.25, 0.3) is 22.4 Å². The van der Waals surface area contributed by atoms with E-state index in [1.165, 1.54) is 18.2 Å². The maximum Gasteiger partial charge on any atom is 0.144 e. The van der Waals surface area contributed by atoms with Crippen LogP contribution in [0.1, 0.15) is 0 Å². The van der Waals surface area contributed by atoms with Gasteiger partial charge in [0.1, 0.15) is 17.4 Å². The Balaban J connectivity index is 2.31. The van der Waals surface area contributed by atoms with Gasteiger partial charge in [-0.2, -0.15) is 0 Å². The average Bonchev–Trinajstić information content (AvgIpc) is 2.71. The number of benzene rings is 1. The zero-order valence-electron chi connectivity index (χ0n) is 9.63. The summed E-state index contributed by atoms with van der Waals surface area (Å²) in [6.07, 6.45) is 3.33. The fourth-order valence-electron chi connectivity index (χ4n) is 1.96. The Morgan fingerprint density at radius 3 is 2.89 bits per heavy atom. The number of aryl methyl sites for hydroxylation is 1. The molecule has 3 aromatic rings. The molecule has 0 aliphatic carbocycles. The molecule has 3 rings (SSSR count). The molecule has 4 nitrogen and oxygen atoms in total. The molecular formula is C13H10FN3O. The lowest BCUT2D eigenvalue weighted by Crippen LogP contribution is -1.93. The molecule has 0 saturated carbocycles. The highest BCUT2D eigenvalue weighted by atomic mass is 19.1. The van der Waals surface area contributed by atoms with Crippen LogP contribution in [0.15, 0.2) is 36.7 Å². The summed E-state index contributed by atoms with van der Waals surface area (Å²) in [5.74, 6) is 0.103. The Labute approximate surface area is 102 Å². The van der Waals surface area contributed by atoms with E-state index < -0.39 is 5.82 Å². The lowest BCUT2D eigenvalue weighted by atomic mass is 10.2. The molecule has 2 aromatic heterocycles. The van der Waals surface area contributed by atoms with Gasteiger partial charge in [-0.15, -0.1) is 0 Å². The van der Waals surface area contributed by atoms with Crippen LogP contribution in [0.5, 0.6) is 5.75 Å². The summed E-state index contributed by atoms with van der Waals surface area (Å²) in [6, 6.07) is 5.57. The number of hydrogen-bond donors (Lipinski definition) is 1. The van der Waals surface area contributed by atoms with Gasteiger partial charge < -0.3 is 9.67 Å². The van der Waals surface area contributed by atoms with Crippen LogP contribution in [0, 0.1) is 5.82 Å². The van der Waals surface area contributed by atoms with Gasteiger partial charge in [0, 0.05) is 13.2 Å². The number of pyridine rings is 1. The topological polar surface area (TPSA) is 50.9 Å². The number of phenolic OH excluding ortho intramolecular Hbond substituents is 1. The molecule has 0 fully saturated rings. The van der Waals surface area contributed by atoms with Gasteiger partial charge in [0.2, 0.25) is 0 Å². The van der Waals surface area contributed by atoms with E-state index in [1.807, 2.05) is 0 Å². The van der Waals surface area contributed by atoms with Gasteiger partial charge in [0.25, 0.3) is 0 Å². The maximum atomic E-state index is 13.3. The standard InChI is InChI=1S/C13H10FN3O/c1-17-11-7-15-5-4-10(11)16-13(17)9-6-8(14)2-3-12(9)18/h2-7,18H,1H3. The van der Waals surface area contributed by atoms with Crippen molar-refractivity contribution in [1.29, 1.82) is 0 Å². The summed E-state index contributed by atoms with van der Waals surface area (Å²) >= 11 is 0. The molecule has 0 saturated heterocycles. The lowest BCUT2D eigenvalue weighted by Gasteiger charge is -2.04. The predicted molar refractivity (Wildman–Crippen MR) is 65.6 cm³/mol. The van der Waals surface area contributed by atoms with Gasteiger partial charge in [0.15, 0.2) is 0 Å². The molecule has 0 aliphatic rings. The van der Waals surface area contributed by atoms with Crippen molar-refractivity contribution in [2.24, 2.45) is 7.05 Å². The number of nitrogens with zero attached hydrogens (tertiary/aromatic N) is 3. The van der Waals surface area contributed by atoms with E-state index in [0.29, 0.717) is 11.4 Å². The van der Waals surface area contributed by atoms with Crippen LogP contribution in [-0.2, 0) is 7.05 Å². The molecular weight excluding hydrogens is 233 g/mol. The third kappa shape index (κ3) is 1.52. The highest BCUT2D eigenvalue weighted by Gasteiger charge is 2.13. The van der Waals surface area contributed by atoms with Crippen LogP contribution in [0.2, 0.25) is 0 Å². The van der Waals surface area contributed by atoms with Gasteiger partial charge in [0.05, 0.1) is 22.8 Å². The van der Waals surface area contributed by atoms with Crippen molar-refractivity contribution >= 4 is 11.0 Å². The van der Waals surface area contributed by atoms with E-state index in [2.05, 4.69) is 9.97 Å². The van der Waals surface area contributed by atoms with Gasteiger partial charge >= 0.3 is 0 Å². The summed E-state index contributed by atoms with van der Waals surface area (Å²) in [4.78, 5) is 8.40. The van der Waals surface area contributed by atoms with Gasteiger partial charge in [-0.1, -0.05) is 0 Å². The van der Waals surface area contributed by atoms with Crippen molar-refractivity contribution in [2.45, 2.75) is 0 Å². The molecule has 2 heterocycles. The second-order valence-corrected chi connectivity index (χ2v) is 4.02. The van der Waals surface area contributed by atoms with E-state index >= 15 is 0 Å². The van der Waals surface area contributed by atoms with Crippen molar-refractivity contribution in [3.63, 3.8) is 0 Å². The highest BCUT2D eigenvalue weighted by Crippen LogP contribution is 2.30. The lowest BCUT2D eigenvalue weighted by molar-refractivity contribution is 0.474. The first-order chi connectivity index (χ1) is 8.66. The average molecular weight is 243 g/mol. The minimum atomic E-state index is -0.409. The van der Waals surface area contributed by atoms with Crippen molar-refractivity contribution < 1.29 is 9.50 Å². The number of rotatable bonds is 1. The predicted octanol–water partition coefficient (Wildman–Crippen LogP) is 2.48. The molecule has 5 heteroatoms. The second-order valence-electron chi connectivity index (χ2n) is 4.02. The molecule has 0 unspecified atom stereocenters. The van der Waals surface area contributed by atoms with Crippen LogP contribution < -0.4 is 0 Å². The number of fused-ring (bicyclic) bond motifs is 1. The molecule has 0 bridgehead atoms. The summed E-state index contributed by atoms with van der Waals surface area (Å²) in [5, 5.41) is 9.80. The Morgan fingerprint density at radius 1 is 1.28 bits per heavy atom. The number of phenols is 1. The van der Waals surface area contributed by atoms with Gasteiger partial charge in [-0.3, -0.25) is 4.98 Å². The minimum absolute atomic E-state index is 0.00256. The van der Waals surface area contributed by atoms with E-state index in [9.17, 15) is 9.50 Å². The first-order valence-corrected chi connectivity index (χ1v) is 5.42. The van der Waals surface area contributed by atoms with Crippen molar-refractivity contribution in [3.05, 3.63) is 42.5 Å². The first kappa shape index (κ1) is 10.7. The molecule has 0 radical (unpaired) electrons. The van der Waals surface area contributed by atoms with Gasteiger partial charge in [-0.25, -0.2) is 9.37 Å². The number of halogens is 1. The number of hydrogen-bond acceptors (Lipinski definition) is 3. The van der Waals surface area contributed by atoms with Crippen LogP contribution in [0.3, 0.4) is 0 Å². The van der Waals surface area contributed by atoms with Crippen LogP contribution >= 0.6 is 0 Å². The van der Waals surface area contributed by atoms with Crippen LogP contribution in [0.4, 0.5) is 4.39 Å². The van der Waals surface area contributed by atoms with Crippen LogP contribution in [-0.4, -0.2) is 19.6 Å². The quantitative estimate of drug-likeness (QED) is 0.714. The van der Waals surface area contributed by atoms with E-state index in [1.54, 1.807) is 30.1 Å². The fourth-order valence-corrected chi connectivity index (χ4v) is 1.96. The van der Waals surface area contributed by atoms with E-state index in [-0.39, 0.29) is 5.75 Å². The summed E-state index contributed by atoms with van der Waals surface area (Å²) in [7, 11) is 1.80. The Hall–Kier alpha value is -2.43. The molecule has 90 valence electrons. The third-order valence-corrected chi connectivity index (χ3v) is 2.88. The highest BCUT2D eigenvalue weighted by molar-refractivity contribution is 5.80. The number of aromatic nitrogens is 3. The normalized spacial score (nSPS) is 11.0. The smallest absolute Gasteiger partial charge is 0.144 e. The largest absolute Gasteiger partial charge is 0.507 e. The van der Waals surface area contributed by atoms with Crippen molar-refractivity contribution in [1.82, 2.24) is 14.5 Å². The number of aromatic hydroxyl groups is 1. The van der Waals surface area contributed by atoms with E-state index in [4.69, 9.17) is 0 Å². The molecule has 1 aromatic carbocycles. The number of imidazole rings is 1. The Morgan fingerprint density at radius 2 is 2.11 bits per heavy atom. The molecule has 0 amide bonds. The fraction of sp³-hybridized carbons (Fsp3) is 0.0769. The van der Waals surface area contributed by atoms with E-state index in [0.717, 1.165) is 11.0 Å². The van der Waals surface area contributed by atoms with Crippen molar-refractivity contribution in [3.8, 4) is 17.1 Å². The zero-order chi connectivity index (χ0) is 12.7.